The highest BCUT2D eigenvalue weighted by molar-refractivity contribution is 7.89. The Morgan fingerprint density at radius 3 is 2.40 bits per heavy atom. The fraction of sp³-hybridized carbons (Fsp3) is 0.588. The Hall–Kier alpha value is -1.54. The SMILES string of the molecule is Cc1ccc(S(=O)(=O)NC(C)(C)C(=O)NCC2CCCC2)c(F)c1F. The van der Waals surface area contributed by atoms with E-state index in [1.54, 1.807) is 0 Å². The molecule has 1 aromatic rings. The number of carbonyl (C=O) groups is 1. The first kappa shape index (κ1) is 19.8. The lowest BCUT2D eigenvalue weighted by molar-refractivity contribution is -0.125. The van der Waals surface area contributed by atoms with E-state index in [4.69, 9.17) is 0 Å². The van der Waals surface area contributed by atoms with Crippen LogP contribution in [0, 0.1) is 24.5 Å². The van der Waals surface area contributed by atoms with Crippen LogP contribution in [0.3, 0.4) is 0 Å². The molecule has 0 atom stereocenters. The van der Waals surface area contributed by atoms with E-state index in [1.807, 2.05) is 0 Å². The molecule has 0 aliphatic heterocycles. The molecule has 2 rings (SSSR count). The molecule has 1 amide bonds. The number of rotatable bonds is 6. The van der Waals surface area contributed by atoms with Gasteiger partial charge in [0.05, 0.1) is 0 Å². The van der Waals surface area contributed by atoms with Gasteiger partial charge in [-0.05, 0) is 51.2 Å². The van der Waals surface area contributed by atoms with Crippen molar-refractivity contribution >= 4 is 15.9 Å². The van der Waals surface area contributed by atoms with Gasteiger partial charge in [0.25, 0.3) is 0 Å². The molecule has 1 aromatic carbocycles. The molecule has 1 fully saturated rings. The third-order valence-electron chi connectivity index (χ3n) is 4.51. The molecule has 1 aliphatic rings. The van der Waals surface area contributed by atoms with Crippen LogP contribution in [0.1, 0.15) is 45.1 Å². The van der Waals surface area contributed by atoms with Crippen molar-refractivity contribution < 1.29 is 22.0 Å². The van der Waals surface area contributed by atoms with Gasteiger partial charge in [-0.25, -0.2) is 17.2 Å². The summed E-state index contributed by atoms with van der Waals surface area (Å²) in [5.41, 5.74) is -1.49. The first-order valence-electron chi connectivity index (χ1n) is 8.31. The largest absolute Gasteiger partial charge is 0.354 e. The van der Waals surface area contributed by atoms with Crippen LogP contribution in [0.25, 0.3) is 0 Å². The van der Waals surface area contributed by atoms with Crippen LogP contribution in [-0.4, -0.2) is 26.4 Å². The van der Waals surface area contributed by atoms with E-state index in [-0.39, 0.29) is 5.56 Å². The summed E-state index contributed by atoms with van der Waals surface area (Å²) in [6, 6.07) is 2.17. The monoisotopic (exact) mass is 374 g/mol. The van der Waals surface area contributed by atoms with E-state index >= 15 is 0 Å². The minimum absolute atomic E-state index is 0.00465. The van der Waals surface area contributed by atoms with Gasteiger partial charge in [-0.15, -0.1) is 0 Å². The maximum absolute atomic E-state index is 14.0. The molecule has 0 radical (unpaired) electrons. The Morgan fingerprint density at radius 1 is 1.20 bits per heavy atom. The number of hydrogen-bond donors (Lipinski definition) is 2. The lowest BCUT2D eigenvalue weighted by Gasteiger charge is -2.26. The van der Waals surface area contributed by atoms with Crippen LogP contribution in [0.2, 0.25) is 0 Å². The van der Waals surface area contributed by atoms with Gasteiger partial charge in [0, 0.05) is 6.54 Å². The van der Waals surface area contributed by atoms with Crippen molar-refractivity contribution in [2.24, 2.45) is 5.92 Å². The average molecular weight is 374 g/mol. The normalized spacial score (nSPS) is 16.2. The van der Waals surface area contributed by atoms with Gasteiger partial charge in [-0.3, -0.25) is 4.79 Å². The molecule has 0 aromatic heterocycles. The molecular weight excluding hydrogens is 350 g/mol. The summed E-state index contributed by atoms with van der Waals surface area (Å²) in [6.45, 7) is 4.59. The molecular formula is C17H24F2N2O3S. The maximum atomic E-state index is 14.0. The topological polar surface area (TPSA) is 75.3 Å². The summed E-state index contributed by atoms with van der Waals surface area (Å²) in [5, 5.41) is 2.74. The molecule has 8 heteroatoms. The number of benzene rings is 1. The van der Waals surface area contributed by atoms with E-state index in [0.717, 1.165) is 31.7 Å². The Bertz CT molecular complexity index is 757. The second-order valence-corrected chi connectivity index (χ2v) is 8.75. The number of amides is 1. The molecule has 5 nitrogen and oxygen atoms in total. The summed E-state index contributed by atoms with van der Waals surface area (Å²) in [7, 11) is -4.40. The summed E-state index contributed by atoms with van der Waals surface area (Å²) in [6.07, 6.45) is 4.35. The van der Waals surface area contributed by atoms with E-state index in [0.29, 0.717) is 12.5 Å². The minimum atomic E-state index is -4.40. The summed E-state index contributed by atoms with van der Waals surface area (Å²) >= 11 is 0. The Kier molecular flexibility index (Phi) is 5.83. The molecule has 0 spiro atoms. The van der Waals surface area contributed by atoms with Crippen molar-refractivity contribution in [3.8, 4) is 0 Å². The standard InChI is InChI=1S/C17H24F2N2O3S/c1-11-8-9-13(15(19)14(11)18)25(23,24)21-17(2,3)16(22)20-10-12-6-4-5-7-12/h8-9,12,21H,4-7,10H2,1-3H3,(H,20,22). The van der Waals surface area contributed by atoms with Crippen LogP contribution in [0.15, 0.2) is 17.0 Å². The van der Waals surface area contributed by atoms with Crippen molar-refractivity contribution in [3.63, 3.8) is 0 Å². The predicted octanol–water partition coefficient (Wildman–Crippen LogP) is 2.64. The third kappa shape index (κ3) is 4.55. The van der Waals surface area contributed by atoms with Gasteiger partial charge in [0.2, 0.25) is 15.9 Å². The van der Waals surface area contributed by atoms with Crippen LogP contribution in [0.5, 0.6) is 0 Å². The first-order valence-corrected chi connectivity index (χ1v) is 9.80. The Morgan fingerprint density at radius 2 is 1.80 bits per heavy atom. The highest BCUT2D eigenvalue weighted by Gasteiger charge is 2.35. The van der Waals surface area contributed by atoms with E-state index < -0.39 is 38.0 Å². The zero-order valence-corrected chi connectivity index (χ0v) is 15.5. The number of aryl methyl sites for hydroxylation is 1. The first-order chi connectivity index (χ1) is 11.5. The molecule has 2 N–H and O–H groups in total. The van der Waals surface area contributed by atoms with Crippen LogP contribution >= 0.6 is 0 Å². The molecule has 0 bridgehead atoms. The number of sulfonamides is 1. The minimum Gasteiger partial charge on any atom is -0.354 e. The molecule has 140 valence electrons. The molecule has 0 saturated heterocycles. The second kappa shape index (κ2) is 7.37. The number of hydrogen-bond acceptors (Lipinski definition) is 3. The Labute approximate surface area is 147 Å². The van der Waals surface area contributed by atoms with Gasteiger partial charge in [0.1, 0.15) is 10.4 Å². The van der Waals surface area contributed by atoms with Gasteiger partial charge in [0.15, 0.2) is 11.6 Å². The lowest BCUT2D eigenvalue weighted by atomic mass is 10.0. The van der Waals surface area contributed by atoms with Crippen molar-refractivity contribution in [2.45, 2.75) is 56.9 Å². The highest BCUT2D eigenvalue weighted by Crippen LogP contribution is 2.24. The van der Waals surface area contributed by atoms with E-state index in [1.165, 1.54) is 26.8 Å². The lowest BCUT2D eigenvalue weighted by Crippen LogP contribution is -2.55. The third-order valence-corrected chi connectivity index (χ3v) is 6.19. The van der Waals surface area contributed by atoms with Gasteiger partial charge in [-0.1, -0.05) is 18.9 Å². The van der Waals surface area contributed by atoms with Crippen LogP contribution in [-0.2, 0) is 14.8 Å². The zero-order valence-electron chi connectivity index (χ0n) is 14.7. The van der Waals surface area contributed by atoms with Crippen molar-refractivity contribution in [1.82, 2.24) is 10.0 Å². The average Bonchev–Trinajstić information content (AvgIpc) is 3.02. The van der Waals surface area contributed by atoms with Crippen molar-refractivity contribution in [3.05, 3.63) is 29.3 Å². The molecule has 0 heterocycles. The number of carbonyl (C=O) groups excluding carboxylic acids is 1. The fourth-order valence-electron chi connectivity index (χ4n) is 2.95. The summed E-state index contributed by atoms with van der Waals surface area (Å²) in [4.78, 5) is 11.5. The molecule has 0 unspecified atom stereocenters. The fourth-order valence-corrected chi connectivity index (χ4v) is 4.39. The highest BCUT2D eigenvalue weighted by atomic mass is 32.2. The summed E-state index contributed by atoms with van der Waals surface area (Å²) in [5.74, 6) is -2.77. The quantitative estimate of drug-likeness (QED) is 0.804. The molecule has 1 saturated carbocycles. The van der Waals surface area contributed by atoms with Crippen molar-refractivity contribution in [2.75, 3.05) is 6.54 Å². The molecule has 25 heavy (non-hydrogen) atoms. The number of nitrogens with one attached hydrogen (secondary N) is 2. The summed E-state index contributed by atoms with van der Waals surface area (Å²) < 4.78 is 54.6. The van der Waals surface area contributed by atoms with Gasteiger partial charge >= 0.3 is 0 Å². The van der Waals surface area contributed by atoms with Crippen molar-refractivity contribution in [1.29, 1.82) is 0 Å². The van der Waals surface area contributed by atoms with E-state index in [2.05, 4.69) is 10.0 Å². The van der Waals surface area contributed by atoms with Gasteiger partial charge < -0.3 is 5.32 Å². The second-order valence-electron chi connectivity index (χ2n) is 7.10. The van der Waals surface area contributed by atoms with Crippen LogP contribution in [0.4, 0.5) is 8.78 Å². The van der Waals surface area contributed by atoms with Crippen LogP contribution < -0.4 is 10.0 Å². The zero-order chi connectivity index (χ0) is 18.8. The number of halogens is 2. The maximum Gasteiger partial charge on any atom is 0.244 e. The predicted molar refractivity (Wildman–Crippen MR) is 90.5 cm³/mol. The van der Waals surface area contributed by atoms with Gasteiger partial charge in [-0.2, -0.15) is 4.72 Å². The smallest absolute Gasteiger partial charge is 0.244 e. The Balaban J connectivity index is 2.12. The van der Waals surface area contributed by atoms with E-state index in [9.17, 15) is 22.0 Å². The molecule has 1 aliphatic carbocycles.